The van der Waals surface area contributed by atoms with Crippen molar-refractivity contribution in [3.63, 3.8) is 0 Å². The molecular weight excluding hydrogens is 296 g/mol. The Balaban J connectivity index is 1.92. The number of thiophene rings is 2. The van der Waals surface area contributed by atoms with Gasteiger partial charge in [0.25, 0.3) is 0 Å². The molecule has 19 heavy (non-hydrogen) atoms. The lowest BCUT2D eigenvalue weighted by molar-refractivity contribution is 0.975. The van der Waals surface area contributed by atoms with Gasteiger partial charge in [-0.15, -0.1) is 32.9 Å². The number of aryl methyl sites for hydroxylation is 1. The van der Waals surface area contributed by atoms with E-state index in [0.717, 1.165) is 20.7 Å². The monoisotopic (exact) mass is 304 g/mol. The topological polar surface area (TPSA) is 43.1 Å². The molecule has 0 saturated carbocycles. The van der Waals surface area contributed by atoms with Crippen LogP contribution >= 0.6 is 34.0 Å². The minimum Gasteiger partial charge on any atom is -0.181 e. The Hall–Kier alpha value is -1.57. The highest BCUT2D eigenvalue weighted by Gasteiger charge is 2.16. The van der Waals surface area contributed by atoms with Crippen LogP contribution in [0, 0.1) is 6.92 Å². The van der Waals surface area contributed by atoms with Crippen LogP contribution in [0.1, 0.15) is 5.56 Å². The van der Waals surface area contributed by atoms with Crippen molar-refractivity contribution >= 4 is 39.0 Å². The molecule has 0 bridgehead atoms. The largest absolute Gasteiger partial charge is 0.235 e. The summed E-state index contributed by atoms with van der Waals surface area (Å²) < 4.78 is 1.84. The van der Waals surface area contributed by atoms with Gasteiger partial charge in [0.05, 0.1) is 9.75 Å². The second-order valence-electron chi connectivity index (χ2n) is 4.04. The van der Waals surface area contributed by atoms with Crippen molar-refractivity contribution in [2.45, 2.75) is 6.92 Å². The molecule has 0 spiro atoms. The van der Waals surface area contributed by atoms with Crippen molar-refractivity contribution < 1.29 is 0 Å². The molecule has 4 aromatic rings. The second-order valence-corrected chi connectivity index (χ2v) is 6.86. The fourth-order valence-corrected chi connectivity index (χ4v) is 4.47. The number of rotatable bonds is 2. The van der Waals surface area contributed by atoms with E-state index in [9.17, 15) is 0 Å². The van der Waals surface area contributed by atoms with Gasteiger partial charge in [-0.25, -0.2) is 0 Å². The van der Waals surface area contributed by atoms with E-state index < -0.39 is 0 Å². The highest BCUT2D eigenvalue weighted by atomic mass is 32.1. The molecule has 4 nitrogen and oxygen atoms in total. The van der Waals surface area contributed by atoms with Crippen molar-refractivity contribution in [3.8, 4) is 20.6 Å². The summed E-state index contributed by atoms with van der Waals surface area (Å²) in [6.07, 6.45) is 0. The van der Waals surface area contributed by atoms with Gasteiger partial charge >= 0.3 is 0 Å². The zero-order chi connectivity index (χ0) is 12.8. The summed E-state index contributed by atoms with van der Waals surface area (Å²) in [5.41, 5.74) is 1.26. The lowest BCUT2D eigenvalue weighted by atomic mass is 10.3. The smallest absolute Gasteiger partial charge is 0.181 e. The highest BCUT2D eigenvalue weighted by Crippen LogP contribution is 2.33. The predicted molar refractivity (Wildman–Crippen MR) is 80.0 cm³/mol. The maximum Gasteiger partial charge on any atom is 0.235 e. The van der Waals surface area contributed by atoms with E-state index in [1.807, 2.05) is 22.0 Å². The first-order valence-electron chi connectivity index (χ1n) is 5.63. The summed E-state index contributed by atoms with van der Waals surface area (Å²) in [6, 6.07) is 6.16. The average Bonchev–Trinajstić information content (AvgIpc) is 3.10. The van der Waals surface area contributed by atoms with Crippen molar-refractivity contribution in [1.82, 2.24) is 19.8 Å². The van der Waals surface area contributed by atoms with E-state index in [1.54, 1.807) is 34.0 Å². The van der Waals surface area contributed by atoms with Gasteiger partial charge in [-0.05, 0) is 35.4 Å². The van der Waals surface area contributed by atoms with Crippen molar-refractivity contribution in [2.75, 3.05) is 0 Å². The van der Waals surface area contributed by atoms with Gasteiger partial charge in [0.2, 0.25) is 4.96 Å². The molecule has 0 aliphatic carbocycles. The van der Waals surface area contributed by atoms with Crippen LogP contribution in [-0.4, -0.2) is 19.8 Å². The molecular formula is C12H8N4S3. The van der Waals surface area contributed by atoms with E-state index >= 15 is 0 Å². The lowest BCUT2D eigenvalue weighted by Gasteiger charge is -1.92. The molecule has 0 saturated heterocycles. The number of aromatic nitrogens is 4. The highest BCUT2D eigenvalue weighted by molar-refractivity contribution is 7.24. The van der Waals surface area contributed by atoms with E-state index in [2.05, 4.69) is 33.7 Å². The van der Waals surface area contributed by atoms with Crippen molar-refractivity contribution in [2.24, 2.45) is 0 Å². The Morgan fingerprint density at radius 2 is 2.05 bits per heavy atom. The zero-order valence-corrected chi connectivity index (χ0v) is 12.3. The van der Waals surface area contributed by atoms with Gasteiger partial charge in [0.1, 0.15) is 0 Å². The normalized spacial score (nSPS) is 11.4. The Labute approximate surface area is 121 Å². The Bertz CT molecular complexity index is 838. The quantitative estimate of drug-likeness (QED) is 0.563. The Morgan fingerprint density at radius 1 is 1.11 bits per heavy atom. The molecule has 0 atom stereocenters. The molecule has 94 valence electrons. The lowest BCUT2D eigenvalue weighted by Crippen LogP contribution is -1.88. The molecule has 4 rings (SSSR count). The number of nitrogens with zero attached hydrogens (tertiary/aromatic N) is 4. The first kappa shape index (κ1) is 11.3. The van der Waals surface area contributed by atoms with Gasteiger partial charge in [0.15, 0.2) is 10.8 Å². The number of fused-ring (bicyclic) bond motifs is 1. The zero-order valence-electron chi connectivity index (χ0n) is 9.90. The third-order valence-corrected chi connectivity index (χ3v) is 5.72. The minimum atomic E-state index is 0.821. The van der Waals surface area contributed by atoms with Crippen LogP contribution in [0.15, 0.2) is 29.0 Å². The molecule has 4 heterocycles. The van der Waals surface area contributed by atoms with E-state index in [-0.39, 0.29) is 0 Å². The fourth-order valence-electron chi connectivity index (χ4n) is 1.86. The first-order chi connectivity index (χ1) is 9.33. The molecule has 0 fully saturated rings. The van der Waals surface area contributed by atoms with Gasteiger partial charge in [-0.3, -0.25) is 0 Å². The number of hydrogen-bond donors (Lipinski definition) is 0. The molecule has 0 amide bonds. The molecule has 0 N–H and O–H groups in total. The van der Waals surface area contributed by atoms with Gasteiger partial charge < -0.3 is 0 Å². The average molecular weight is 304 g/mol. The number of hydrogen-bond acceptors (Lipinski definition) is 6. The van der Waals surface area contributed by atoms with E-state index in [4.69, 9.17) is 0 Å². The van der Waals surface area contributed by atoms with Crippen LogP contribution in [-0.2, 0) is 0 Å². The summed E-state index contributed by atoms with van der Waals surface area (Å²) >= 11 is 4.94. The summed E-state index contributed by atoms with van der Waals surface area (Å²) in [4.78, 5) is 3.14. The molecule has 0 radical (unpaired) electrons. The first-order valence-corrected chi connectivity index (χ1v) is 8.21. The summed E-state index contributed by atoms with van der Waals surface area (Å²) in [5.74, 6) is 0.821. The maximum atomic E-state index is 4.66. The van der Waals surface area contributed by atoms with Crippen LogP contribution in [0.5, 0.6) is 0 Å². The molecule has 7 heteroatoms. The summed E-state index contributed by atoms with van der Waals surface area (Å²) in [7, 11) is 0. The van der Waals surface area contributed by atoms with Crippen molar-refractivity contribution in [3.05, 3.63) is 34.5 Å². The third-order valence-electron chi connectivity index (χ3n) is 2.79. The van der Waals surface area contributed by atoms with E-state index in [0.29, 0.717) is 0 Å². The van der Waals surface area contributed by atoms with E-state index in [1.165, 1.54) is 10.4 Å². The van der Waals surface area contributed by atoms with Gasteiger partial charge in [0, 0.05) is 0 Å². The molecule has 0 aromatic carbocycles. The van der Waals surface area contributed by atoms with Crippen LogP contribution in [0.3, 0.4) is 0 Å². The molecule has 0 aliphatic heterocycles. The van der Waals surface area contributed by atoms with Gasteiger partial charge in [-0.1, -0.05) is 17.4 Å². The van der Waals surface area contributed by atoms with Crippen LogP contribution in [0.2, 0.25) is 0 Å². The van der Waals surface area contributed by atoms with Crippen LogP contribution < -0.4 is 0 Å². The maximum absolute atomic E-state index is 4.66. The summed E-state index contributed by atoms with van der Waals surface area (Å²) in [6.45, 7) is 2.11. The predicted octanol–water partition coefficient (Wildman–Crippen LogP) is 3.95. The molecule has 0 aliphatic rings. The standard InChI is InChI=1S/C12H8N4S3/c1-7-4-6-18-9(7)11-15-16-10(8-3-2-5-17-8)13-14-12(16)19-11/h2-6H,1H3. The minimum absolute atomic E-state index is 0.821. The SMILES string of the molecule is Cc1ccsc1-c1nn2c(-c3cccs3)nnc2s1. The van der Waals surface area contributed by atoms with Crippen molar-refractivity contribution in [1.29, 1.82) is 0 Å². The van der Waals surface area contributed by atoms with Gasteiger partial charge in [-0.2, -0.15) is 9.61 Å². The summed E-state index contributed by atoms with van der Waals surface area (Å²) in [5, 5.41) is 18.2. The Kier molecular flexibility index (Phi) is 2.51. The fraction of sp³-hybridized carbons (Fsp3) is 0.0833. The van der Waals surface area contributed by atoms with Crippen LogP contribution in [0.25, 0.3) is 25.5 Å². The molecule has 4 aromatic heterocycles. The Morgan fingerprint density at radius 3 is 2.79 bits per heavy atom. The van der Waals surface area contributed by atoms with Crippen LogP contribution in [0.4, 0.5) is 0 Å². The second kappa shape index (κ2) is 4.22. The molecule has 0 unspecified atom stereocenters. The third kappa shape index (κ3) is 1.73.